The molecule has 0 amide bonds. The smallest absolute Gasteiger partial charge is 0.251 e. The Kier molecular flexibility index (Phi) is 4.20. The molecule has 0 fully saturated rings. The van der Waals surface area contributed by atoms with Crippen LogP contribution in [-0.4, -0.2) is 28.8 Å². The average Bonchev–Trinajstić information content (AvgIpc) is 2.23. The number of rotatable bonds is 4. The molecule has 0 saturated heterocycles. The van der Waals surface area contributed by atoms with Crippen LogP contribution >= 0.6 is 0 Å². The third kappa shape index (κ3) is 4.24. The van der Waals surface area contributed by atoms with E-state index in [9.17, 15) is 0 Å². The Balaban J connectivity index is 2.41. The van der Waals surface area contributed by atoms with Crippen LogP contribution in [0.5, 0.6) is 5.88 Å². The molecule has 5 nitrogen and oxygen atoms in total. The summed E-state index contributed by atoms with van der Waals surface area (Å²) in [6.45, 7) is 6.71. The van der Waals surface area contributed by atoms with Gasteiger partial charge in [0.25, 0.3) is 5.88 Å². The van der Waals surface area contributed by atoms with E-state index in [0.29, 0.717) is 13.2 Å². The molecule has 0 saturated carbocycles. The molecule has 0 atom stereocenters. The summed E-state index contributed by atoms with van der Waals surface area (Å²) in [5, 5.41) is 8.74. The second-order valence-corrected chi connectivity index (χ2v) is 4.13. The van der Waals surface area contributed by atoms with Crippen LogP contribution in [-0.2, 0) is 4.74 Å². The van der Waals surface area contributed by atoms with E-state index in [1.165, 1.54) is 12.4 Å². The molecule has 0 unspecified atom stereocenters. The first-order chi connectivity index (χ1) is 7.53. The van der Waals surface area contributed by atoms with Crippen LogP contribution in [0, 0.1) is 11.3 Å². The lowest BCUT2D eigenvalue weighted by atomic mass is 10.2. The van der Waals surface area contributed by atoms with Crippen molar-refractivity contribution in [1.29, 1.82) is 5.26 Å². The van der Waals surface area contributed by atoms with Crippen molar-refractivity contribution < 1.29 is 9.47 Å². The standard InChI is InChI=1S/C11H15N3O2/c1-11(2,3)16-7-6-15-10-9(8-12)13-4-5-14-10/h4-5H,6-7H2,1-3H3. The van der Waals surface area contributed by atoms with E-state index < -0.39 is 0 Å². The van der Waals surface area contributed by atoms with Gasteiger partial charge in [0.1, 0.15) is 12.7 Å². The topological polar surface area (TPSA) is 68.0 Å². The van der Waals surface area contributed by atoms with Gasteiger partial charge in [0, 0.05) is 12.4 Å². The summed E-state index contributed by atoms with van der Waals surface area (Å²) in [5.74, 6) is 0.252. The molecule has 0 radical (unpaired) electrons. The lowest BCUT2D eigenvalue weighted by Crippen LogP contribution is -2.22. The van der Waals surface area contributed by atoms with Crippen molar-refractivity contribution in [3.05, 3.63) is 18.1 Å². The highest BCUT2D eigenvalue weighted by atomic mass is 16.5. The van der Waals surface area contributed by atoms with Gasteiger partial charge in [-0.15, -0.1) is 0 Å². The molecule has 1 heterocycles. The van der Waals surface area contributed by atoms with Crippen LogP contribution in [0.3, 0.4) is 0 Å². The summed E-state index contributed by atoms with van der Waals surface area (Å²) in [6.07, 6.45) is 2.94. The van der Waals surface area contributed by atoms with E-state index in [2.05, 4.69) is 9.97 Å². The zero-order valence-corrected chi connectivity index (χ0v) is 9.73. The molecule has 1 rings (SSSR count). The predicted octanol–water partition coefficient (Wildman–Crippen LogP) is 1.54. The summed E-state index contributed by atoms with van der Waals surface area (Å²) < 4.78 is 10.8. The summed E-state index contributed by atoms with van der Waals surface area (Å²) in [6, 6.07) is 1.91. The maximum atomic E-state index is 8.74. The number of nitriles is 1. The number of aromatic nitrogens is 2. The molecule has 0 N–H and O–H groups in total. The van der Waals surface area contributed by atoms with Gasteiger partial charge in [0.15, 0.2) is 0 Å². The molecular weight excluding hydrogens is 206 g/mol. The van der Waals surface area contributed by atoms with Gasteiger partial charge in [0.05, 0.1) is 12.2 Å². The van der Waals surface area contributed by atoms with E-state index >= 15 is 0 Å². The van der Waals surface area contributed by atoms with Crippen LogP contribution in [0.25, 0.3) is 0 Å². The van der Waals surface area contributed by atoms with Gasteiger partial charge in [0.2, 0.25) is 5.69 Å². The van der Waals surface area contributed by atoms with Gasteiger partial charge >= 0.3 is 0 Å². The van der Waals surface area contributed by atoms with E-state index in [1.54, 1.807) is 0 Å². The maximum absolute atomic E-state index is 8.74. The fourth-order valence-electron chi connectivity index (χ4n) is 0.994. The molecule has 0 aliphatic heterocycles. The van der Waals surface area contributed by atoms with E-state index in [-0.39, 0.29) is 17.2 Å². The minimum Gasteiger partial charge on any atom is -0.473 e. The minimum atomic E-state index is -0.191. The molecule has 1 aromatic rings. The van der Waals surface area contributed by atoms with Crippen LogP contribution < -0.4 is 4.74 Å². The highest BCUT2D eigenvalue weighted by Gasteiger charge is 2.10. The first-order valence-electron chi connectivity index (χ1n) is 5.01. The van der Waals surface area contributed by atoms with Gasteiger partial charge in [-0.2, -0.15) is 5.26 Å². The third-order valence-electron chi connectivity index (χ3n) is 1.63. The molecule has 1 aromatic heterocycles. The minimum absolute atomic E-state index is 0.191. The molecule has 5 heteroatoms. The second-order valence-electron chi connectivity index (χ2n) is 4.13. The number of hydrogen-bond donors (Lipinski definition) is 0. The lowest BCUT2D eigenvalue weighted by Gasteiger charge is -2.19. The quantitative estimate of drug-likeness (QED) is 0.721. The maximum Gasteiger partial charge on any atom is 0.251 e. The van der Waals surface area contributed by atoms with Gasteiger partial charge in [-0.1, -0.05) is 0 Å². The van der Waals surface area contributed by atoms with Crippen molar-refractivity contribution in [3.63, 3.8) is 0 Å². The average molecular weight is 221 g/mol. The molecule has 0 aromatic carbocycles. The Hall–Kier alpha value is -1.67. The van der Waals surface area contributed by atoms with E-state index in [4.69, 9.17) is 14.7 Å². The molecule has 0 bridgehead atoms. The van der Waals surface area contributed by atoms with Gasteiger partial charge in [-0.3, -0.25) is 0 Å². The van der Waals surface area contributed by atoms with Crippen molar-refractivity contribution in [1.82, 2.24) is 9.97 Å². The Morgan fingerprint density at radius 1 is 1.25 bits per heavy atom. The second kappa shape index (κ2) is 5.42. The van der Waals surface area contributed by atoms with Gasteiger partial charge in [-0.25, -0.2) is 9.97 Å². The summed E-state index contributed by atoms with van der Waals surface area (Å²) in [7, 11) is 0. The number of nitrogens with zero attached hydrogens (tertiary/aromatic N) is 3. The van der Waals surface area contributed by atoms with E-state index in [1.807, 2.05) is 26.8 Å². The fraction of sp³-hybridized carbons (Fsp3) is 0.545. The van der Waals surface area contributed by atoms with Gasteiger partial charge < -0.3 is 9.47 Å². The number of ether oxygens (including phenoxy) is 2. The van der Waals surface area contributed by atoms with Crippen molar-refractivity contribution >= 4 is 0 Å². The van der Waals surface area contributed by atoms with Crippen LogP contribution in [0.4, 0.5) is 0 Å². The van der Waals surface area contributed by atoms with Gasteiger partial charge in [-0.05, 0) is 20.8 Å². The van der Waals surface area contributed by atoms with Crippen LogP contribution in [0.15, 0.2) is 12.4 Å². The third-order valence-corrected chi connectivity index (χ3v) is 1.63. The fourth-order valence-corrected chi connectivity index (χ4v) is 0.994. The van der Waals surface area contributed by atoms with Crippen molar-refractivity contribution in [2.75, 3.05) is 13.2 Å². The summed E-state index contributed by atoms with van der Waals surface area (Å²) in [5.41, 5.74) is 0.00214. The zero-order valence-electron chi connectivity index (χ0n) is 9.73. The van der Waals surface area contributed by atoms with Crippen molar-refractivity contribution in [2.45, 2.75) is 26.4 Å². The summed E-state index contributed by atoms with van der Waals surface area (Å²) >= 11 is 0. The highest BCUT2D eigenvalue weighted by Crippen LogP contribution is 2.10. The molecule has 0 spiro atoms. The zero-order chi connectivity index (χ0) is 12.0. The summed E-state index contributed by atoms with van der Waals surface area (Å²) in [4.78, 5) is 7.76. The Labute approximate surface area is 95.0 Å². The lowest BCUT2D eigenvalue weighted by molar-refractivity contribution is -0.0168. The molecule has 86 valence electrons. The first-order valence-corrected chi connectivity index (χ1v) is 5.01. The first kappa shape index (κ1) is 12.4. The Morgan fingerprint density at radius 3 is 2.56 bits per heavy atom. The van der Waals surface area contributed by atoms with Crippen molar-refractivity contribution in [3.8, 4) is 11.9 Å². The Bertz CT molecular complexity index is 380. The van der Waals surface area contributed by atoms with Crippen molar-refractivity contribution in [2.24, 2.45) is 0 Å². The van der Waals surface area contributed by atoms with Crippen LogP contribution in [0.2, 0.25) is 0 Å². The monoisotopic (exact) mass is 221 g/mol. The molecule has 16 heavy (non-hydrogen) atoms. The van der Waals surface area contributed by atoms with E-state index in [0.717, 1.165) is 0 Å². The Morgan fingerprint density at radius 2 is 1.94 bits per heavy atom. The number of hydrogen-bond acceptors (Lipinski definition) is 5. The normalized spacial score (nSPS) is 10.9. The molecular formula is C11H15N3O2. The predicted molar refractivity (Wildman–Crippen MR) is 57.9 cm³/mol. The SMILES string of the molecule is CC(C)(C)OCCOc1nccnc1C#N. The highest BCUT2D eigenvalue weighted by molar-refractivity contribution is 5.29. The molecule has 0 aliphatic rings. The van der Waals surface area contributed by atoms with Crippen LogP contribution in [0.1, 0.15) is 26.5 Å². The largest absolute Gasteiger partial charge is 0.473 e. The molecule has 0 aliphatic carbocycles.